The van der Waals surface area contributed by atoms with E-state index in [0.717, 1.165) is 11.4 Å². The maximum Gasteiger partial charge on any atom is 0.257 e. The first-order chi connectivity index (χ1) is 9.28. The van der Waals surface area contributed by atoms with Gasteiger partial charge in [-0.1, -0.05) is 6.07 Å². The molecular weight excluding hydrogens is 242 g/mol. The zero-order valence-electron chi connectivity index (χ0n) is 10.8. The number of aromatic nitrogens is 1. The zero-order chi connectivity index (χ0) is 13.5. The number of likely N-dealkylation sites (N-methyl/N-ethyl adjacent to an activating group) is 1. The number of carbonyl (C=O) groups is 1. The molecule has 5 nitrogen and oxygen atoms in total. The van der Waals surface area contributed by atoms with Gasteiger partial charge < -0.3 is 20.4 Å². The van der Waals surface area contributed by atoms with Crippen LogP contribution < -0.4 is 15.4 Å². The Bertz CT molecular complexity index is 523. The Balaban J connectivity index is 1.89. The van der Waals surface area contributed by atoms with Gasteiger partial charge in [-0.2, -0.15) is 0 Å². The molecule has 0 radical (unpaired) electrons. The topological polar surface area (TPSA) is 66.2 Å². The van der Waals surface area contributed by atoms with Crippen LogP contribution in [-0.2, 0) is 11.3 Å². The summed E-state index contributed by atoms with van der Waals surface area (Å²) in [7, 11) is 1.58. The SMILES string of the molecule is CNC(=O)COc1cccc(NCc2ccc[nH]2)c1. The van der Waals surface area contributed by atoms with Gasteiger partial charge in [0.1, 0.15) is 5.75 Å². The smallest absolute Gasteiger partial charge is 0.257 e. The second-order valence-corrected chi connectivity index (χ2v) is 4.04. The first-order valence-electron chi connectivity index (χ1n) is 6.07. The van der Waals surface area contributed by atoms with E-state index in [-0.39, 0.29) is 12.5 Å². The van der Waals surface area contributed by atoms with Crippen molar-refractivity contribution in [1.29, 1.82) is 0 Å². The normalized spacial score (nSPS) is 9.95. The summed E-state index contributed by atoms with van der Waals surface area (Å²) < 4.78 is 5.38. The van der Waals surface area contributed by atoms with Crippen molar-refractivity contribution in [3.8, 4) is 5.75 Å². The molecular formula is C14H17N3O2. The molecule has 100 valence electrons. The third kappa shape index (κ3) is 4.06. The average Bonchev–Trinajstić information content (AvgIpc) is 2.96. The van der Waals surface area contributed by atoms with Gasteiger partial charge in [0.2, 0.25) is 0 Å². The zero-order valence-corrected chi connectivity index (χ0v) is 10.8. The molecule has 3 N–H and O–H groups in total. The highest BCUT2D eigenvalue weighted by Crippen LogP contribution is 2.17. The number of hydrogen-bond acceptors (Lipinski definition) is 3. The van der Waals surface area contributed by atoms with E-state index in [0.29, 0.717) is 12.3 Å². The van der Waals surface area contributed by atoms with Crippen molar-refractivity contribution in [2.24, 2.45) is 0 Å². The molecule has 19 heavy (non-hydrogen) atoms. The lowest BCUT2D eigenvalue weighted by Gasteiger charge is -2.09. The van der Waals surface area contributed by atoms with Gasteiger partial charge in [0.15, 0.2) is 6.61 Å². The third-order valence-corrected chi connectivity index (χ3v) is 2.63. The van der Waals surface area contributed by atoms with Crippen LogP contribution in [0.3, 0.4) is 0 Å². The summed E-state index contributed by atoms with van der Waals surface area (Å²) >= 11 is 0. The number of benzene rings is 1. The molecule has 0 fully saturated rings. The van der Waals surface area contributed by atoms with Gasteiger partial charge in [-0.05, 0) is 24.3 Å². The molecule has 1 heterocycles. The Morgan fingerprint density at radius 2 is 2.21 bits per heavy atom. The highest BCUT2D eigenvalue weighted by Gasteiger charge is 2.01. The molecule has 0 aliphatic carbocycles. The number of H-pyrrole nitrogens is 1. The summed E-state index contributed by atoms with van der Waals surface area (Å²) in [4.78, 5) is 14.2. The van der Waals surface area contributed by atoms with Gasteiger partial charge >= 0.3 is 0 Å². The molecule has 0 aliphatic heterocycles. The van der Waals surface area contributed by atoms with E-state index in [2.05, 4.69) is 15.6 Å². The molecule has 0 saturated heterocycles. The third-order valence-electron chi connectivity index (χ3n) is 2.63. The molecule has 1 aromatic carbocycles. The lowest BCUT2D eigenvalue weighted by atomic mass is 10.3. The lowest BCUT2D eigenvalue weighted by Crippen LogP contribution is -2.24. The summed E-state index contributed by atoms with van der Waals surface area (Å²) in [6, 6.07) is 11.5. The molecule has 1 amide bonds. The molecule has 0 unspecified atom stereocenters. The maximum atomic E-state index is 11.1. The van der Waals surface area contributed by atoms with Crippen LogP contribution in [0, 0.1) is 0 Å². The van der Waals surface area contributed by atoms with Crippen molar-refractivity contribution in [2.75, 3.05) is 19.0 Å². The Morgan fingerprint density at radius 3 is 2.95 bits per heavy atom. The van der Waals surface area contributed by atoms with Gasteiger partial charge in [-0.15, -0.1) is 0 Å². The number of hydrogen-bond donors (Lipinski definition) is 3. The molecule has 0 atom stereocenters. The van der Waals surface area contributed by atoms with Gasteiger partial charge in [-0.25, -0.2) is 0 Å². The predicted molar refractivity (Wildman–Crippen MR) is 74.1 cm³/mol. The Kier molecular flexibility index (Phi) is 4.44. The predicted octanol–water partition coefficient (Wildman–Crippen LogP) is 1.75. The van der Waals surface area contributed by atoms with Gasteiger partial charge in [0.25, 0.3) is 5.91 Å². The van der Waals surface area contributed by atoms with Crippen LogP contribution in [0.25, 0.3) is 0 Å². The number of ether oxygens (including phenoxy) is 1. The number of amides is 1. The second-order valence-electron chi connectivity index (χ2n) is 4.04. The minimum atomic E-state index is -0.148. The molecule has 5 heteroatoms. The summed E-state index contributed by atoms with van der Waals surface area (Å²) in [5.41, 5.74) is 2.06. The van der Waals surface area contributed by atoms with Crippen molar-refractivity contribution in [3.05, 3.63) is 48.3 Å². The largest absolute Gasteiger partial charge is 0.484 e. The first-order valence-corrected chi connectivity index (χ1v) is 6.07. The Morgan fingerprint density at radius 1 is 1.32 bits per heavy atom. The summed E-state index contributed by atoms with van der Waals surface area (Å²) in [5, 5.41) is 5.79. The van der Waals surface area contributed by atoms with E-state index < -0.39 is 0 Å². The molecule has 0 spiro atoms. The number of anilines is 1. The van der Waals surface area contributed by atoms with E-state index in [4.69, 9.17) is 4.74 Å². The van der Waals surface area contributed by atoms with Crippen LogP contribution in [0.5, 0.6) is 5.75 Å². The highest BCUT2D eigenvalue weighted by atomic mass is 16.5. The Hall–Kier alpha value is -2.43. The molecule has 0 aliphatic rings. The van der Waals surface area contributed by atoms with Crippen molar-refractivity contribution in [3.63, 3.8) is 0 Å². The van der Waals surface area contributed by atoms with Crippen molar-refractivity contribution in [2.45, 2.75) is 6.54 Å². The molecule has 2 rings (SSSR count). The van der Waals surface area contributed by atoms with Crippen LogP contribution in [-0.4, -0.2) is 24.5 Å². The van der Waals surface area contributed by atoms with Gasteiger partial charge in [-0.3, -0.25) is 4.79 Å². The molecule has 1 aromatic heterocycles. The summed E-state index contributed by atoms with van der Waals surface area (Å²) in [5.74, 6) is 0.518. The molecule has 2 aromatic rings. The van der Waals surface area contributed by atoms with E-state index >= 15 is 0 Å². The second kappa shape index (κ2) is 6.49. The van der Waals surface area contributed by atoms with E-state index in [1.807, 2.05) is 42.6 Å². The van der Waals surface area contributed by atoms with Crippen molar-refractivity contribution >= 4 is 11.6 Å². The lowest BCUT2D eigenvalue weighted by molar-refractivity contribution is -0.122. The quantitative estimate of drug-likeness (QED) is 0.740. The molecule has 0 bridgehead atoms. The van der Waals surface area contributed by atoms with Crippen molar-refractivity contribution < 1.29 is 9.53 Å². The highest BCUT2D eigenvalue weighted by molar-refractivity contribution is 5.77. The monoisotopic (exact) mass is 259 g/mol. The van der Waals surface area contributed by atoms with Crippen LogP contribution in [0.2, 0.25) is 0 Å². The van der Waals surface area contributed by atoms with E-state index in [9.17, 15) is 4.79 Å². The fourth-order valence-electron chi connectivity index (χ4n) is 1.59. The van der Waals surface area contributed by atoms with E-state index in [1.165, 1.54) is 0 Å². The first kappa shape index (κ1) is 13.0. The van der Waals surface area contributed by atoms with Crippen LogP contribution in [0.1, 0.15) is 5.69 Å². The number of aromatic amines is 1. The van der Waals surface area contributed by atoms with Crippen molar-refractivity contribution in [1.82, 2.24) is 10.3 Å². The summed E-state index contributed by atoms with van der Waals surface area (Å²) in [6.45, 7) is 0.739. The van der Waals surface area contributed by atoms with Crippen LogP contribution in [0.4, 0.5) is 5.69 Å². The van der Waals surface area contributed by atoms with Crippen LogP contribution in [0.15, 0.2) is 42.6 Å². The minimum absolute atomic E-state index is 0.0244. The maximum absolute atomic E-state index is 11.1. The number of nitrogens with one attached hydrogen (secondary N) is 3. The van der Waals surface area contributed by atoms with Crippen LogP contribution >= 0.6 is 0 Å². The number of carbonyl (C=O) groups excluding carboxylic acids is 1. The molecule has 0 saturated carbocycles. The van der Waals surface area contributed by atoms with Gasteiger partial charge in [0, 0.05) is 30.7 Å². The Labute approximate surface area is 112 Å². The van der Waals surface area contributed by atoms with E-state index in [1.54, 1.807) is 7.05 Å². The average molecular weight is 259 g/mol. The fraction of sp³-hybridized carbons (Fsp3) is 0.214. The number of rotatable bonds is 6. The van der Waals surface area contributed by atoms with Gasteiger partial charge in [0.05, 0.1) is 6.54 Å². The summed E-state index contributed by atoms with van der Waals surface area (Å²) in [6.07, 6.45) is 1.89. The minimum Gasteiger partial charge on any atom is -0.484 e. The standard InChI is InChI=1S/C14H17N3O2/c1-15-14(18)10-19-13-6-2-4-11(8-13)17-9-12-5-3-7-16-12/h2-8,16-17H,9-10H2,1H3,(H,15,18). The fourth-order valence-corrected chi connectivity index (χ4v) is 1.59.